The van der Waals surface area contributed by atoms with Gasteiger partial charge in [0.05, 0.1) is 49.0 Å². The van der Waals surface area contributed by atoms with Crippen LogP contribution in [0.25, 0.3) is 10.8 Å². The summed E-state index contributed by atoms with van der Waals surface area (Å²) in [5.74, 6) is 0.948. The number of benzene rings is 2. The highest BCUT2D eigenvalue weighted by molar-refractivity contribution is 6.36. The molecule has 0 radical (unpaired) electrons. The van der Waals surface area contributed by atoms with Crippen molar-refractivity contribution in [1.82, 2.24) is 25.1 Å². The Kier molecular flexibility index (Phi) is 10.1. The van der Waals surface area contributed by atoms with Gasteiger partial charge >= 0.3 is 6.01 Å². The molecule has 7 rings (SSSR count). The van der Waals surface area contributed by atoms with Crippen molar-refractivity contribution < 1.29 is 14.3 Å². The molecule has 0 spiro atoms. The Morgan fingerprint density at radius 1 is 1.12 bits per heavy atom. The van der Waals surface area contributed by atoms with Crippen LogP contribution < -0.4 is 19.9 Å². The number of carbonyl (C=O) groups is 1. The number of nitrogens with one attached hydrogen (secondary N) is 1. The maximum atomic E-state index is 13.4. The lowest BCUT2D eigenvalue weighted by molar-refractivity contribution is -0.134. The van der Waals surface area contributed by atoms with Crippen LogP contribution in [0.2, 0.25) is 5.02 Å². The molecule has 3 saturated heterocycles. The van der Waals surface area contributed by atoms with Crippen molar-refractivity contribution in [2.75, 3.05) is 82.5 Å². The van der Waals surface area contributed by atoms with Crippen LogP contribution in [0.1, 0.15) is 43.9 Å². The van der Waals surface area contributed by atoms with Crippen molar-refractivity contribution in [3.05, 3.63) is 52.7 Å². The second-order valence-corrected chi connectivity index (χ2v) is 14.8. The molecule has 12 heteroatoms. The van der Waals surface area contributed by atoms with Crippen molar-refractivity contribution in [3.8, 4) is 12.1 Å². The summed E-state index contributed by atoms with van der Waals surface area (Å²) in [7, 11) is 2.14. The molecular weight excluding hydrogens is 640 g/mol. The van der Waals surface area contributed by atoms with Crippen molar-refractivity contribution >= 4 is 39.8 Å². The quantitative estimate of drug-likeness (QED) is 0.294. The van der Waals surface area contributed by atoms with Gasteiger partial charge in [-0.3, -0.25) is 4.79 Å². The molecular formula is C37H47ClN8O3. The number of rotatable bonds is 11. The van der Waals surface area contributed by atoms with Gasteiger partial charge < -0.3 is 34.4 Å². The van der Waals surface area contributed by atoms with E-state index in [1.165, 1.54) is 0 Å². The van der Waals surface area contributed by atoms with Crippen molar-refractivity contribution in [1.29, 1.82) is 5.26 Å². The highest BCUT2D eigenvalue weighted by atomic mass is 35.5. The van der Waals surface area contributed by atoms with E-state index in [1.54, 1.807) is 0 Å². The zero-order chi connectivity index (χ0) is 34.0. The van der Waals surface area contributed by atoms with Crippen LogP contribution in [0.4, 0.5) is 11.5 Å². The van der Waals surface area contributed by atoms with Gasteiger partial charge in [-0.25, -0.2) is 0 Å². The zero-order valence-corrected chi connectivity index (χ0v) is 29.4. The molecule has 0 aliphatic carbocycles. The largest absolute Gasteiger partial charge is 0.462 e. The third-order valence-electron chi connectivity index (χ3n) is 10.7. The van der Waals surface area contributed by atoms with Crippen LogP contribution in [0, 0.1) is 16.7 Å². The highest BCUT2D eigenvalue weighted by Crippen LogP contribution is 2.37. The maximum absolute atomic E-state index is 13.4. The summed E-state index contributed by atoms with van der Waals surface area (Å²) in [4.78, 5) is 32.3. The smallest absolute Gasteiger partial charge is 0.318 e. The number of aromatic nitrogens is 2. The van der Waals surface area contributed by atoms with E-state index in [0.717, 1.165) is 90.7 Å². The Bertz CT molecular complexity index is 1710. The van der Waals surface area contributed by atoms with Gasteiger partial charge in [0.15, 0.2) is 0 Å². The maximum Gasteiger partial charge on any atom is 0.318 e. The van der Waals surface area contributed by atoms with Crippen molar-refractivity contribution in [3.63, 3.8) is 0 Å². The van der Waals surface area contributed by atoms with E-state index >= 15 is 0 Å². The summed E-state index contributed by atoms with van der Waals surface area (Å²) < 4.78 is 11.7. The first kappa shape index (κ1) is 33.8. The number of halogens is 1. The number of amides is 1. The topological polar surface area (TPSA) is 110 Å². The molecule has 4 aliphatic heterocycles. The standard InChI is InChI=1S/C37H47ClN8O3/c1-37(24-48-25-37)23-40-15-12-33(47)46-19-18-45(20-27(46)11-14-39)35-29-13-17-44(32-10-4-7-26-6-3-9-30(38)34(26)32)21-31(29)41-36(42-35)49-22-28-8-5-16-43(28)2/h3-4,6-7,9-10,27-28,40H,5,8,11-13,15-25H2,1-2H3/t27-,28-/m0/s1. The molecule has 1 aromatic heterocycles. The van der Waals surface area contributed by atoms with E-state index in [9.17, 15) is 10.1 Å². The SMILES string of the molecule is CN1CCC[C@H]1COc1nc2c(c(N3CCN(C(=O)CCNCC4(C)COC4)[C@@H](CC#N)C3)n1)CCN(c1cccc3cccc(Cl)c13)C2. The number of anilines is 2. The summed E-state index contributed by atoms with van der Waals surface area (Å²) in [5.41, 5.74) is 3.31. The molecule has 0 unspecified atom stereocenters. The normalized spacial score (nSPS) is 22.1. The number of piperazine rings is 1. The van der Waals surface area contributed by atoms with E-state index in [0.29, 0.717) is 57.8 Å². The lowest BCUT2D eigenvalue weighted by Crippen LogP contribution is -2.56. The van der Waals surface area contributed by atoms with Crippen molar-refractivity contribution in [2.24, 2.45) is 5.41 Å². The number of fused-ring (bicyclic) bond motifs is 2. The van der Waals surface area contributed by atoms with Crippen LogP contribution in [0.15, 0.2) is 36.4 Å². The minimum atomic E-state index is -0.219. The van der Waals surface area contributed by atoms with Gasteiger partial charge in [0.1, 0.15) is 12.4 Å². The Morgan fingerprint density at radius 3 is 2.71 bits per heavy atom. The fourth-order valence-electron chi connectivity index (χ4n) is 7.76. The molecule has 2 aromatic carbocycles. The molecule has 2 atom stereocenters. The zero-order valence-electron chi connectivity index (χ0n) is 28.7. The summed E-state index contributed by atoms with van der Waals surface area (Å²) >= 11 is 6.74. The van der Waals surface area contributed by atoms with E-state index < -0.39 is 0 Å². The second kappa shape index (κ2) is 14.7. The van der Waals surface area contributed by atoms with Crippen LogP contribution in [0.3, 0.4) is 0 Å². The molecule has 0 bridgehead atoms. The monoisotopic (exact) mass is 686 g/mol. The molecule has 5 heterocycles. The lowest BCUT2D eigenvalue weighted by Gasteiger charge is -2.42. The molecule has 0 saturated carbocycles. The van der Waals surface area contributed by atoms with Crippen LogP contribution in [0.5, 0.6) is 6.01 Å². The predicted molar refractivity (Wildman–Crippen MR) is 191 cm³/mol. The Hall–Kier alpha value is -3.69. The molecule has 49 heavy (non-hydrogen) atoms. The first-order valence-corrected chi connectivity index (χ1v) is 18.0. The third kappa shape index (κ3) is 7.29. The van der Waals surface area contributed by atoms with Crippen LogP contribution >= 0.6 is 11.6 Å². The molecule has 3 fully saturated rings. The highest BCUT2D eigenvalue weighted by Gasteiger charge is 2.35. The summed E-state index contributed by atoms with van der Waals surface area (Å²) in [6.07, 6.45) is 3.69. The molecule has 4 aliphatic rings. The average molecular weight is 687 g/mol. The second-order valence-electron chi connectivity index (χ2n) is 14.4. The van der Waals surface area contributed by atoms with Gasteiger partial charge in [-0.2, -0.15) is 15.2 Å². The predicted octanol–water partition coefficient (Wildman–Crippen LogP) is 4.27. The average Bonchev–Trinajstić information content (AvgIpc) is 3.52. The molecule has 1 N–H and O–H groups in total. The number of nitrogens with zero attached hydrogens (tertiary/aromatic N) is 7. The van der Waals surface area contributed by atoms with Gasteiger partial charge in [-0.15, -0.1) is 0 Å². The number of hydrogen-bond acceptors (Lipinski definition) is 10. The minimum absolute atomic E-state index is 0.0845. The Balaban J connectivity index is 1.11. The molecule has 1 amide bonds. The fourth-order valence-corrected chi connectivity index (χ4v) is 8.04. The van der Waals surface area contributed by atoms with Crippen molar-refractivity contribution in [2.45, 2.75) is 57.7 Å². The number of hydrogen-bond donors (Lipinski definition) is 1. The number of likely N-dealkylation sites (tertiary alicyclic amines) is 1. The molecule has 11 nitrogen and oxygen atoms in total. The molecule has 3 aromatic rings. The summed E-state index contributed by atoms with van der Waals surface area (Å²) in [5, 5.41) is 16.1. The fraction of sp³-hybridized carbons (Fsp3) is 0.568. The number of nitriles is 1. The van der Waals surface area contributed by atoms with E-state index in [2.05, 4.69) is 64.3 Å². The van der Waals surface area contributed by atoms with Gasteiger partial charge in [-0.1, -0.05) is 42.8 Å². The van der Waals surface area contributed by atoms with Gasteiger partial charge in [0.25, 0.3) is 0 Å². The number of likely N-dealkylation sites (N-methyl/N-ethyl adjacent to an activating group) is 1. The first-order valence-electron chi connectivity index (χ1n) is 17.7. The Morgan fingerprint density at radius 2 is 1.96 bits per heavy atom. The van der Waals surface area contributed by atoms with E-state index in [1.807, 2.05) is 17.0 Å². The lowest BCUT2D eigenvalue weighted by atomic mass is 9.89. The summed E-state index contributed by atoms with van der Waals surface area (Å²) in [6.45, 7) is 9.87. The summed E-state index contributed by atoms with van der Waals surface area (Å²) in [6, 6.07) is 15.2. The van der Waals surface area contributed by atoms with E-state index in [-0.39, 0.29) is 23.8 Å². The van der Waals surface area contributed by atoms with Crippen LogP contribution in [-0.2, 0) is 22.5 Å². The molecule has 260 valence electrons. The minimum Gasteiger partial charge on any atom is -0.462 e. The number of ether oxygens (including phenoxy) is 2. The van der Waals surface area contributed by atoms with Gasteiger partial charge in [0, 0.05) is 73.8 Å². The van der Waals surface area contributed by atoms with Gasteiger partial charge in [-0.05, 0) is 50.4 Å². The Labute approximate surface area is 294 Å². The third-order valence-corrected chi connectivity index (χ3v) is 11.0. The first-order chi connectivity index (χ1) is 23.8. The number of carbonyl (C=O) groups excluding carboxylic acids is 1. The van der Waals surface area contributed by atoms with Crippen LogP contribution in [-0.4, -0.2) is 110 Å². The van der Waals surface area contributed by atoms with Gasteiger partial charge in [0.2, 0.25) is 5.91 Å². The van der Waals surface area contributed by atoms with E-state index in [4.69, 9.17) is 31.0 Å².